The van der Waals surface area contributed by atoms with Crippen LogP contribution in [0.25, 0.3) is 0 Å². The minimum absolute atomic E-state index is 0.136. The fraction of sp³-hybridized carbons (Fsp3) is 0.250. The molecule has 1 aromatic carbocycles. The van der Waals surface area contributed by atoms with Crippen LogP contribution in [-0.4, -0.2) is 24.7 Å². The van der Waals surface area contributed by atoms with Crippen molar-refractivity contribution in [2.24, 2.45) is 0 Å². The lowest BCUT2D eigenvalue weighted by Crippen LogP contribution is -2.11. The molecule has 0 aromatic heterocycles. The van der Waals surface area contributed by atoms with E-state index in [4.69, 9.17) is 9.84 Å². The van der Waals surface area contributed by atoms with Gasteiger partial charge in [0.15, 0.2) is 0 Å². The average Bonchev–Trinajstić information content (AvgIpc) is 2.26. The predicted octanol–water partition coefficient (Wildman–Crippen LogP) is 1.89. The molecule has 0 aliphatic carbocycles. The number of anilines is 1. The van der Waals surface area contributed by atoms with Gasteiger partial charge in [0.1, 0.15) is 0 Å². The molecule has 4 nitrogen and oxygen atoms in total. The van der Waals surface area contributed by atoms with Crippen LogP contribution in [0.2, 0.25) is 0 Å². The van der Waals surface area contributed by atoms with Crippen LogP contribution in [0, 0.1) is 0 Å². The van der Waals surface area contributed by atoms with Crippen molar-refractivity contribution in [1.82, 2.24) is 0 Å². The molecule has 0 unspecified atom stereocenters. The van der Waals surface area contributed by atoms with Crippen molar-refractivity contribution in [2.45, 2.75) is 6.61 Å². The van der Waals surface area contributed by atoms with Crippen molar-refractivity contribution in [3.05, 3.63) is 42.0 Å². The smallest absolute Gasteiger partial charge is 0.332 e. The average molecular weight is 221 g/mol. The molecule has 0 heterocycles. The molecule has 0 atom stereocenters. The first-order chi connectivity index (χ1) is 7.63. The van der Waals surface area contributed by atoms with Gasteiger partial charge in [0.05, 0.1) is 6.61 Å². The van der Waals surface area contributed by atoms with E-state index in [1.54, 1.807) is 7.11 Å². The zero-order chi connectivity index (χ0) is 12.0. The van der Waals surface area contributed by atoms with E-state index in [1.807, 2.05) is 24.3 Å². The van der Waals surface area contributed by atoms with Gasteiger partial charge in [-0.1, -0.05) is 18.7 Å². The van der Waals surface area contributed by atoms with Crippen molar-refractivity contribution < 1.29 is 14.6 Å². The molecule has 4 heteroatoms. The second-order valence-corrected chi connectivity index (χ2v) is 3.40. The second kappa shape index (κ2) is 5.92. The fourth-order valence-electron chi connectivity index (χ4n) is 1.22. The number of hydrogen-bond acceptors (Lipinski definition) is 3. The van der Waals surface area contributed by atoms with Crippen LogP contribution < -0.4 is 5.32 Å². The molecule has 86 valence electrons. The number of carbonyl (C=O) groups is 1. The largest absolute Gasteiger partial charge is 0.478 e. The Bertz CT molecular complexity index is 388. The number of carboxylic acid groups (broad SMARTS) is 1. The van der Waals surface area contributed by atoms with Crippen molar-refractivity contribution >= 4 is 11.7 Å². The van der Waals surface area contributed by atoms with Crippen LogP contribution in [-0.2, 0) is 16.1 Å². The minimum Gasteiger partial charge on any atom is -0.478 e. The molecular weight excluding hydrogens is 206 g/mol. The highest BCUT2D eigenvalue weighted by molar-refractivity contribution is 5.86. The molecule has 0 bridgehead atoms. The van der Waals surface area contributed by atoms with Gasteiger partial charge in [-0.25, -0.2) is 4.79 Å². The molecule has 0 spiro atoms. The highest BCUT2D eigenvalue weighted by Crippen LogP contribution is 2.11. The number of rotatable bonds is 6. The second-order valence-electron chi connectivity index (χ2n) is 3.40. The topological polar surface area (TPSA) is 58.6 Å². The summed E-state index contributed by atoms with van der Waals surface area (Å²) in [6.45, 7) is 4.21. The SMILES string of the molecule is C=C(CNc1cccc(COC)c1)C(=O)O. The van der Waals surface area contributed by atoms with Crippen molar-refractivity contribution in [2.75, 3.05) is 19.0 Å². The summed E-state index contributed by atoms with van der Waals surface area (Å²) in [5, 5.41) is 11.6. The summed E-state index contributed by atoms with van der Waals surface area (Å²) in [6, 6.07) is 7.62. The number of hydrogen-bond donors (Lipinski definition) is 2. The fourth-order valence-corrected chi connectivity index (χ4v) is 1.22. The lowest BCUT2D eigenvalue weighted by Gasteiger charge is -2.07. The summed E-state index contributed by atoms with van der Waals surface area (Å²) >= 11 is 0. The number of aliphatic carboxylic acids is 1. The summed E-state index contributed by atoms with van der Waals surface area (Å²) < 4.78 is 5.01. The van der Waals surface area contributed by atoms with Gasteiger partial charge in [0.2, 0.25) is 0 Å². The van der Waals surface area contributed by atoms with Crippen molar-refractivity contribution in [1.29, 1.82) is 0 Å². The zero-order valence-electron chi connectivity index (χ0n) is 9.19. The first kappa shape index (κ1) is 12.3. The Hall–Kier alpha value is -1.81. The molecule has 1 rings (SSSR count). The van der Waals surface area contributed by atoms with Gasteiger partial charge in [-0.05, 0) is 17.7 Å². The normalized spacial score (nSPS) is 9.81. The Morgan fingerprint density at radius 1 is 1.56 bits per heavy atom. The summed E-state index contributed by atoms with van der Waals surface area (Å²) in [6.07, 6.45) is 0. The Kier molecular flexibility index (Phi) is 4.54. The Labute approximate surface area is 94.6 Å². The van der Waals surface area contributed by atoms with Crippen LogP contribution in [0.15, 0.2) is 36.4 Å². The van der Waals surface area contributed by atoms with Crippen molar-refractivity contribution in [3.63, 3.8) is 0 Å². The summed E-state index contributed by atoms with van der Waals surface area (Å²) in [7, 11) is 1.63. The molecule has 0 aliphatic heterocycles. The number of ether oxygens (including phenoxy) is 1. The van der Waals surface area contributed by atoms with E-state index in [1.165, 1.54) is 0 Å². The van der Waals surface area contributed by atoms with E-state index < -0.39 is 5.97 Å². The molecule has 0 radical (unpaired) electrons. The van der Waals surface area contributed by atoms with Gasteiger partial charge in [-0.2, -0.15) is 0 Å². The molecular formula is C12H15NO3. The van der Waals surface area contributed by atoms with E-state index in [-0.39, 0.29) is 12.1 Å². The highest BCUT2D eigenvalue weighted by Gasteiger charge is 2.03. The van der Waals surface area contributed by atoms with E-state index in [9.17, 15) is 4.79 Å². The third-order valence-electron chi connectivity index (χ3n) is 2.05. The number of nitrogens with one attached hydrogen (secondary N) is 1. The molecule has 0 saturated heterocycles. The minimum atomic E-state index is -0.986. The van der Waals surface area contributed by atoms with Gasteiger partial charge in [-0.15, -0.1) is 0 Å². The van der Waals surface area contributed by atoms with E-state index >= 15 is 0 Å². The van der Waals surface area contributed by atoms with E-state index in [0.29, 0.717) is 6.61 Å². The zero-order valence-corrected chi connectivity index (χ0v) is 9.19. The Balaban J connectivity index is 2.57. The summed E-state index contributed by atoms with van der Waals surface area (Å²) in [4.78, 5) is 10.5. The summed E-state index contributed by atoms with van der Waals surface area (Å²) in [5.74, 6) is -0.986. The quantitative estimate of drug-likeness (QED) is 0.720. The molecule has 16 heavy (non-hydrogen) atoms. The molecule has 1 aromatic rings. The van der Waals surface area contributed by atoms with Gasteiger partial charge >= 0.3 is 5.97 Å². The molecule has 0 amide bonds. The number of carboxylic acids is 1. The lowest BCUT2D eigenvalue weighted by molar-refractivity contribution is -0.132. The number of methoxy groups -OCH3 is 1. The monoisotopic (exact) mass is 221 g/mol. The maximum Gasteiger partial charge on any atom is 0.332 e. The van der Waals surface area contributed by atoms with E-state index in [2.05, 4.69) is 11.9 Å². The molecule has 0 aliphatic rings. The molecule has 2 N–H and O–H groups in total. The first-order valence-electron chi connectivity index (χ1n) is 4.86. The summed E-state index contributed by atoms with van der Waals surface area (Å²) in [5.41, 5.74) is 2.03. The van der Waals surface area contributed by atoms with Gasteiger partial charge in [0.25, 0.3) is 0 Å². The van der Waals surface area contributed by atoms with Gasteiger partial charge < -0.3 is 15.2 Å². The number of benzene rings is 1. The molecule has 0 fully saturated rings. The predicted molar refractivity (Wildman–Crippen MR) is 62.4 cm³/mol. The highest BCUT2D eigenvalue weighted by atomic mass is 16.5. The first-order valence-corrected chi connectivity index (χ1v) is 4.86. The Morgan fingerprint density at radius 3 is 2.94 bits per heavy atom. The van der Waals surface area contributed by atoms with E-state index in [0.717, 1.165) is 11.3 Å². The standard InChI is InChI=1S/C12H15NO3/c1-9(12(14)15)7-13-11-5-3-4-10(6-11)8-16-2/h3-6,13H,1,7-8H2,2H3,(H,14,15). The van der Waals surface area contributed by atoms with Crippen molar-refractivity contribution in [3.8, 4) is 0 Å². The molecule has 0 saturated carbocycles. The van der Waals surface area contributed by atoms with Crippen LogP contribution in [0.3, 0.4) is 0 Å². The van der Waals surface area contributed by atoms with Crippen LogP contribution in [0.4, 0.5) is 5.69 Å². The van der Waals surface area contributed by atoms with Gasteiger partial charge in [0, 0.05) is 24.9 Å². The van der Waals surface area contributed by atoms with Gasteiger partial charge in [-0.3, -0.25) is 0 Å². The van der Waals surface area contributed by atoms with Crippen LogP contribution >= 0.6 is 0 Å². The van der Waals surface area contributed by atoms with Crippen LogP contribution in [0.1, 0.15) is 5.56 Å². The maximum atomic E-state index is 10.5. The lowest BCUT2D eigenvalue weighted by atomic mass is 10.2. The Morgan fingerprint density at radius 2 is 2.31 bits per heavy atom. The third kappa shape index (κ3) is 3.74. The van der Waals surface area contributed by atoms with Crippen LogP contribution in [0.5, 0.6) is 0 Å². The third-order valence-corrected chi connectivity index (χ3v) is 2.05. The maximum absolute atomic E-state index is 10.5.